The Balaban J connectivity index is 0.00000576. The summed E-state index contributed by atoms with van der Waals surface area (Å²) in [5, 5.41) is 2.61. The van der Waals surface area contributed by atoms with Crippen LogP contribution in [0, 0.1) is 0 Å². The van der Waals surface area contributed by atoms with E-state index in [-0.39, 0.29) is 41.4 Å². The second-order valence-corrected chi connectivity index (χ2v) is 4.75. The van der Waals surface area contributed by atoms with Crippen molar-refractivity contribution in [2.45, 2.75) is 19.2 Å². The van der Waals surface area contributed by atoms with Crippen LogP contribution in [-0.4, -0.2) is 45.8 Å². The maximum Gasteiger partial charge on any atom is 0.573 e. The first-order valence-electron chi connectivity index (χ1n) is 7.41. The van der Waals surface area contributed by atoms with Crippen LogP contribution in [0.4, 0.5) is 18.9 Å². The highest BCUT2D eigenvalue weighted by Gasteiger charge is 2.32. The molecule has 0 radical (unpaired) electrons. The molecule has 0 saturated heterocycles. The van der Waals surface area contributed by atoms with E-state index in [1.165, 1.54) is 18.2 Å². The zero-order chi connectivity index (χ0) is 17.8. The van der Waals surface area contributed by atoms with E-state index in [0.717, 1.165) is 12.8 Å². The van der Waals surface area contributed by atoms with Crippen molar-refractivity contribution in [3.63, 3.8) is 0 Å². The first-order valence-corrected chi connectivity index (χ1v) is 7.41. The standard InChI is InChI=1S/C15H22F3N3O3.HI/c1-22-10-11-23-9-5-4-8-20-14(19)21-12-6-2-3-7-13(12)24-15(16,17)18;/h2-3,6-7H,4-5,8-11H2,1H3,(H3,19,20,21);1H. The minimum absolute atomic E-state index is 0. The fourth-order valence-corrected chi connectivity index (χ4v) is 1.72. The predicted molar refractivity (Wildman–Crippen MR) is 101 cm³/mol. The SMILES string of the molecule is COCCOCCCCN=C(N)Nc1ccccc1OC(F)(F)F.I. The lowest BCUT2D eigenvalue weighted by Crippen LogP contribution is -2.24. The number of methoxy groups -OCH3 is 1. The zero-order valence-electron chi connectivity index (χ0n) is 13.8. The first kappa shape index (κ1) is 23.7. The monoisotopic (exact) mass is 477 g/mol. The zero-order valence-corrected chi connectivity index (χ0v) is 16.2. The number of aliphatic imine (C=N–C) groups is 1. The molecule has 10 heteroatoms. The van der Waals surface area contributed by atoms with Crippen molar-refractivity contribution < 1.29 is 27.4 Å². The highest BCUT2D eigenvalue weighted by Crippen LogP contribution is 2.29. The molecular weight excluding hydrogens is 454 g/mol. The Hall–Kier alpha value is -1.27. The highest BCUT2D eigenvalue weighted by atomic mass is 127. The van der Waals surface area contributed by atoms with Gasteiger partial charge in [0.05, 0.1) is 18.9 Å². The van der Waals surface area contributed by atoms with Crippen molar-refractivity contribution in [2.75, 3.05) is 38.8 Å². The van der Waals surface area contributed by atoms with Crippen LogP contribution in [0.3, 0.4) is 0 Å². The molecule has 0 fully saturated rings. The number of nitrogens with two attached hydrogens (primary N) is 1. The van der Waals surface area contributed by atoms with Crippen LogP contribution in [0.5, 0.6) is 5.75 Å². The summed E-state index contributed by atoms with van der Waals surface area (Å²) >= 11 is 0. The van der Waals surface area contributed by atoms with Crippen molar-refractivity contribution in [3.05, 3.63) is 24.3 Å². The molecule has 0 amide bonds. The van der Waals surface area contributed by atoms with Crippen LogP contribution in [-0.2, 0) is 9.47 Å². The largest absolute Gasteiger partial charge is 0.573 e. The number of guanidine groups is 1. The van der Waals surface area contributed by atoms with Crippen molar-refractivity contribution >= 4 is 35.6 Å². The van der Waals surface area contributed by atoms with Crippen LogP contribution in [0.2, 0.25) is 0 Å². The molecule has 1 rings (SSSR count). The van der Waals surface area contributed by atoms with Gasteiger partial charge in [-0.2, -0.15) is 0 Å². The molecule has 0 bridgehead atoms. The van der Waals surface area contributed by atoms with E-state index in [1.807, 2.05) is 0 Å². The number of hydrogen-bond acceptors (Lipinski definition) is 4. The predicted octanol–water partition coefficient (Wildman–Crippen LogP) is 3.37. The highest BCUT2D eigenvalue weighted by molar-refractivity contribution is 14.0. The Labute approximate surface area is 161 Å². The van der Waals surface area contributed by atoms with E-state index >= 15 is 0 Å². The lowest BCUT2D eigenvalue weighted by molar-refractivity contribution is -0.274. The molecule has 0 atom stereocenters. The van der Waals surface area contributed by atoms with Gasteiger partial charge in [0.2, 0.25) is 0 Å². The van der Waals surface area contributed by atoms with Crippen molar-refractivity contribution in [2.24, 2.45) is 10.7 Å². The van der Waals surface area contributed by atoms with E-state index in [9.17, 15) is 13.2 Å². The summed E-state index contributed by atoms with van der Waals surface area (Å²) in [7, 11) is 1.60. The summed E-state index contributed by atoms with van der Waals surface area (Å²) in [6.07, 6.45) is -3.23. The molecule has 3 N–H and O–H groups in total. The van der Waals surface area contributed by atoms with E-state index in [1.54, 1.807) is 13.2 Å². The molecule has 25 heavy (non-hydrogen) atoms. The Bertz CT molecular complexity index is 516. The molecule has 0 saturated carbocycles. The van der Waals surface area contributed by atoms with Gasteiger partial charge >= 0.3 is 6.36 Å². The number of benzene rings is 1. The second-order valence-electron chi connectivity index (χ2n) is 4.75. The van der Waals surface area contributed by atoms with Crippen molar-refractivity contribution in [1.29, 1.82) is 0 Å². The van der Waals surface area contributed by atoms with Crippen LogP contribution >= 0.6 is 24.0 Å². The Kier molecular flexibility index (Phi) is 12.3. The maximum absolute atomic E-state index is 12.3. The number of rotatable bonds is 10. The molecule has 0 aliphatic rings. The summed E-state index contributed by atoms with van der Waals surface area (Å²) in [4.78, 5) is 4.06. The number of alkyl halides is 3. The number of unbranched alkanes of at least 4 members (excludes halogenated alkanes) is 1. The number of nitrogens with zero attached hydrogens (tertiary/aromatic N) is 1. The Morgan fingerprint density at radius 3 is 2.56 bits per heavy atom. The van der Waals surface area contributed by atoms with Gasteiger partial charge in [-0.1, -0.05) is 12.1 Å². The molecule has 1 aromatic carbocycles. The summed E-state index contributed by atoms with van der Waals surface area (Å²) in [6, 6.07) is 5.62. The van der Waals surface area contributed by atoms with Gasteiger partial charge in [-0.15, -0.1) is 37.1 Å². The molecule has 0 aliphatic carbocycles. The van der Waals surface area contributed by atoms with Gasteiger partial charge in [-0.25, -0.2) is 0 Å². The summed E-state index contributed by atoms with van der Waals surface area (Å²) < 4.78 is 51.0. The summed E-state index contributed by atoms with van der Waals surface area (Å²) in [5.41, 5.74) is 5.77. The number of hydrogen-bond donors (Lipinski definition) is 2. The van der Waals surface area contributed by atoms with Crippen LogP contribution in [0.25, 0.3) is 0 Å². The van der Waals surface area contributed by atoms with E-state index in [2.05, 4.69) is 15.0 Å². The lowest BCUT2D eigenvalue weighted by Gasteiger charge is -2.14. The van der Waals surface area contributed by atoms with Gasteiger partial charge < -0.3 is 25.3 Å². The minimum Gasteiger partial charge on any atom is -0.404 e. The Morgan fingerprint density at radius 2 is 1.88 bits per heavy atom. The van der Waals surface area contributed by atoms with Crippen LogP contribution in [0.1, 0.15) is 12.8 Å². The third kappa shape index (κ3) is 11.8. The second kappa shape index (κ2) is 13.0. The van der Waals surface area contributed by atoms with Gasteiger partial charge in [0.25, 0.3) is 0 Å². The first-order chi connectivity index (χ1) is 11.4. The van der Waals surface area contributed by atoms with Gasteiger partial charge in [0, 0.05) is 20.3 Å². The third-order valence-corrected chi connectivity index (χ3v) is 2.79. The minimum atomic E-state index is -4.77. The van der Waals surface area contributed by atoms with Gasteiger partial charge in [-0.3, -0.25) is 4.99 Å². The molecule has 0 unspecified atom stereocenters. The van der Waals surface area contributed by atoms with Crippen LogP contribution in [0.15, 0.2) is 29.3 Å². The smallest absolute Gasteiger partial charge is 0.404 e. The fraction of sp³-hybridized carbons (Fsp3) is 0.533. The van der Waals surface area contributed by atoms with Crippen molar-refractivity contribution in [1.82, 2.24) is 0 Å². The maximum atomic E-state index is 12.3. The van der Waals surface area contributed by atoms with Gasteiger partial charge in [0.1, 0.15) is 0 Å². The van der Waals surface area contributed by atoms with Crippen molar-refractivity contribution in [3.8, 4) is 5.75 Å². The average Bonchev–Trinajstić information content (AvgIpc) is 2.50. The van der Waals surface area contributed by atoms with Crippen LogP contribution < -0.4 is 15.8 Å². The topological polar surface area (TPSA) is 78.1 Å². The fourth-order valence-electron chi connectivity index (χ4n) is 1.72. The summed E-state index contributed by atoms with van der Waals surface area (Å²) in [6.45, 7) is 2.12. The average molecular weight is 477 g/mol. The number of nitrogens with one attached hydrogen (secondary N) is 1. The van der Waals surface area contributed by atoms with Gasteiger partial charge in [0.15, 0.2) is 11.7 Å². The molecule has 0 aliphatic heterocycles. The van der Waals surface area contributed by atoms with E-state index in [0.29, 0.717) is 26.4 Å². The molecule has 6 nitrogen and oxygen atoms in total. The van der Waals surface area contributed by atoms with E-state index in [4.69, 9.17) is 15.2 Å². The molecule has 0 spiro atoms. The number of ether oxygens (including phenoxy) is 3. The van der Waals surface area contributed by atoms with Gasteiger partial charge in [-0.05, 0) is 25.0 Å². The molecule has 1 aromatic rings. The third-order valence-electron chi connectivity index (χ3n) is 2.79. The Morgan fingerprint density at radius 1 is 1.16 bits per heavy atom. The quantitative estimate of drug-likeness (QED) is 0.234. The molecular formula is C15H23F3IN3O3. The molecule has 0 heterocycles. The van der Waals surface area contributed by atoms with E-state index < -0.39 is 6.36 Å². The number of para-hydroxylation sites is 2. The summed E-state index contributed by atoms with van der Waals surface area (Å²) in [5.74, 6) is -0.344. The lowest BCUT2D eigenvalue weighted by atomic mass is 10.3. The number of halogens is 4. The molecule has 0 aromatic heterocycles. The normalized spacial score (nSPS) is 11.8. The molecule has 144 valence electrons. The number of anilines is 1.